The third-order valence-electron chi connectivity index (χ3n) is 3.99. The minimum Gasteiger partial charge on any atom is -0.465 e. The molecule has 1 atom stereocenters. The molecule has 1 unspecified atom stereocenters. The molecule has 0 aliphatic heterocycles. The van der Waals surface area contributed by atoms with Crippen molar-refractivity contribution in [1.82, 2.24) is 0 Å². The topological polar surface area (TPSA) is 26.3 Å². The van der Waals surface area contributed by atoms with Crippen molar-refractivity contribution in [3.63, 3.8) is 0 Å². The lowest BCUT2D eigenvalue weighted by Crippen LogP contribution is -2.14. The normalized spacial score (nSPS) is 12.3. The average Bonchev–Trinajstić information content (AvgIpc) is 2.45. The van der Waals surface area contributed by atoms with E-state index < -0.39 is 0 Å². The Bertz CT molecular complexity index is 484. The summed E-state index contributed by atoms with van der Waals surface area (Å²) in [4.78, 5) is 11.1. The molecule has 24 heavy (non-hydrogen) atoms. The van der Waals surface area contributed by atoms with E-state index in [0.717, 1.165) is 32.1 Å². The lowest BCUT2D eigenvalue weighted by Gasteiger charge is -2.18. The van der Waals surface area contributed by atoms with E-state index in [9.17, 15) is 4.79 Å². The Hall–Kier alpha value is -1.57. The van der Waals surface area contributed by atoms with Gasteiger partial charge in [0.25, 0.3) is 0 Å². The van der Waals surface area contributed by atoms with Crippen LogP contribution in [0.1, 0.15) is 73.6 Å². The average molecular weight is 333 g/mol. The van der Waals surface area contributed by atoms with E-state index >= 15 is 0 Å². The zero-order valence-corrected chi connectivity index (χ0v) is 16.6. The van der Waals surface area contributed by atoms with Crippen molar-refractivity contribution in [3.8, 4) is 0 Å². The molecule has 0 aromatic carbocycles. The zero-order valence-electron chi connectivity index (χ0n) is 16.6. The largest absolute Gasteiger partial charge is 0.465 e. The quantitative estimate of drug-likeness (QED) is 0.317. The molecule has 0 aliphatic rings. The number of carbonyl (C=O) groups is 1. The van der Waals surface area contributed by atoms with Gasteiger partial charge in [0.2, 0.25) is 0 Å². The van der Waals surface area contributed by atoms with Crippen molar-refractivity contribution in [3.05, 3.63) is 47.1 Å². The molecule has 0 saturated carbocycles. The van der Waals surface area contributed by atoms with Crippen LogP contribution >= 0.6 is 0 Å². The fourth-order valence-corrected chi connectivity index (χ4v) is 2.38. The van der Waals surface area contributed by atoms with Gasteiger partial charge in [-0.05, 0) is 66.7 Å². The monoisotopic (exact) mass is 332 g/mol. The number of ether oxygens (including phenoxy) is 1. The van der Waals surface area contributed by atoms with E-state index in [2.05, 4.69) is 59.4 Å². The standard InChI is InChI=1S/C22H36O2/c1-17(2)10-8-12-19(5)14-15-22(16-24-21(7)23)20(6)13-9-11-18(3)4/h10-11,13,22H,5,8-9,12,14-16H2,1-4,6-7H3/b20-13+. The maximum atomic E-state index is 11.1. The maximum Gasteiger partial charge on any atom is 0.302 e. The summed E-state index contributed by atoms with van der Waals surface area (Å²) < 4.78 is 5.26. The van der Waals surface area contributed by atoms with Gasteiger partial charge in [-0.1, -0.05) is 47.1 Å². The van der Waals surface area contributed by atoms with E-state index in [1.165, 1.54) is 29.2 Å². The number of carbonyl (C=O) groups excluding carboxylic acids is 1. The van der Waals surface area contributed by atoms with Crippen LogP contribution in [0.25, 0.3) is 0 Å². The first kappa shape index (κ1) is 22.4. The van der Waals surface area contributed by atoms with E-state index in [1.54, 1.807) is 0 Å². The molecule has 2 heteroatoms. The van der Waals surface area contributed by atoms with Crippen LogP contribution in [0.15, 0.2) is 47.1 Å². The Labute approximate surface area is 149 Å². The molecule has 0 bridgehead atoms. The van der Waals surface area contributed by atoms with Gasteiger partial charge in [0, 0.05) is 12.8 Å². The van der Waals surface area contributed by atoms with Gasteiger partial charge in [-0.25, -0.2) is 0 Å². The number of rotatable bonds is 11. The van der Waals surface area contributed by atoms with Crippen LogP contribution in [0.4, 0.5) is 0 Å². The molecule has 0 aromatic heterocycles. The molecule has 0 N–H and O–H groups in total. The highest BCUT2D eigenvalue weighted by atomic mass is 16.5. The van der Waals surface area contributed by atoms with E-state index in [4.69, 9.17) is 4.74 Å². The first-order valence-electron chi connectivity index (χ1n) is 8.95. The molecule has 0 heterocycles. The Morgan fingerprint density at radius 2 is 1.58 bits per heavy atom. The third kappa shape index (κ3) is 12.9. The first-order chi connectivity index (χ1) is 11.2. The number of allylic oxidation sites excluding steroid dienone is 6. The minimum absolute atomic E-state index is 0.209. The predicted octanol–water partition coefficient (Wildman–Crippen LogP) is 6.55. The Morgan fingerprint density at radius 1 is 0.958 bits per heavy atom. The summed E-state index contributed by atoms with van der Waals surface area (Å²) in [5.74, 6) is 0.0687. The molecule has 2 nitrogen and oxygen atoms in total. The van der Waals surface area contributed by atoms with Crippen LogP contribution in [-0.2, 0) is 9.53 Å². The van der Waals surface area contributed by atoms with E-state index in [0.29, 0.717) is 6.61 Å². The molecule has 0 fully saturated rings. The molecule has 0 saturated heterocycles. The lowest BCUT2D eigenvalue weighted by atomic mass is 9.92. The molecule has 0 aromatic rings. The lowest BCUT2D eigenvalue weighted by molar-refractivity contribution is -0.142. The summed E-state index contributed by atoms with van der Waals surface area (Å²) in [6, 6.07) is 0. The van der Waals surface area contributed by atoms with Crippen molar-refractivity contribution >= 4 is 5.97 Å². The fraction of sp³-hybridized carbons (Fsp3) is 0.591. The SMILES string of the molecule is C=C(CCC=C(C)C)CCC(COC(C)=O)/C(C)=C/CC=C(C)C. The van der Waals surface area contributed by atoms with Gasteiger partial charge in [-0.2, -0.15) is 0 Å². The van der Waals surface area contributed by atoms with Crippen LogP contribution in [0, 0.1) is 5.92 Å². The van der Waals surface area contributed by atoms with Crippen LogP contribution in [0.2, 0.25) is 0 Å². The van der Waals surface area contributed by atoms with Crippen LogP contribution in [0.3, 0.4) is 0 Å². The highest BCUT2D eigenvalue weighted by Crippen LogP contribution is 2.22. The van der Waals surface area contributed by atoms with Crippen LogP contribution < -0.4 is 0 Å². The fourth-order valence-electron chi connectivity index (χ4n) is 2.38. The number of hydrogen-bond acceptors (Lipinski definition) is 2. The van der Waals surface area contributed by atoms with Crippen molar-refractivity contribution in [2.24, 2.45) is 5.92 Å². The first-order valence-corrected chi connectivity index (χ1v) is 8.95. The van der Waals surface area contributed by atoms with Crippen molar-refractivity contribution < 1.29 is 9.53 Å². The Morgan fingerprint density at radius 3 is 2.12 bits per heavy atom. The smallest absolute Gasteiger partial charge is 0.302 e. The molecule has 0 spiro atoms. The maximum absolute atomic E-state index is 11.1. The summed E-state index contributed by atoms with van der Waals surface area (Å²) in [6.07, 6.45) is 11.7. The van der Waals surface area contributed by atoms with Gasteiger partial charge in [0.1, 0.15) is 0 Å². The summed E-state index contributed by atoms with van der Waals surface area (Å²) in [5.41, 5.74) is 5.25. The van der Waals surface area contributed by atoms with Gasteiger partial charge in [-0.15, -0.1) is 0 Å². The van der Waals surface area contributed by atoms with Gasteiger partial charge in [-0.3, -0.25) is 4.79 Å². The second kappa shape index (κ2) is 12.8. The van der Waals surface area contributed by atoms with Gasteiger partial charge >= 0.3 is 5.97 Å². The Balaban J connectivity index is 4.59. The predicted molar refractivity (Wildman–Crippen MR) is 105 cm³/mol. The van der Waals surface area contributed by atoms with Crippen molar-refractivity contribution in [2.45, 2.75) is 73.6 Å². The van der Waals surface area contributed by atoms with Crippen molar-refractivity contribution in [2.75, 3.05) is 6.61 Å². The Kier molecular flexibility index (Phi) is 12.0. The molecule has 0 radical (unpaired) electrons. The van der Waals surface area contributed by atoms with Gasteiger partial charge in [0.15, 0.2) is 0 Å². The van der Waals surface area contributed by atoms with Crippen molar-refractivity contribution in [1.29, 1.82) is 0 Å². The zero-order chi connectivity index (χ0) is 18.5. The summed E-state index contributed by atoms with van der Waals surface area (Å²) in [6.45, 7) is 16.7. The molecule has 0 rings (SSSR count). The highest BCUT2D eigenvalue weighted by Gasteiger charge is 2.13. The number of esters is 1. The van der Waals surface area contributed by atoms with E-state index in [-0.39, 0.29) is 11.9 Å². The summed E-state index contributed by atoms with van der Waals surface area (Å²) in [5, 5.41) is 0. The molecule has 136 valence electrons. The second-order valence-electron chi connectivity index (χ2n) is 7.07. The molecular weight excluding hydrogens is 296 g/mol. The van der Waals surface area contributed by atoms with Gasteiger partial charge in [0.05, 0.1) is 6.61 Å². The molecular formula is C22H36O2. The summed E-state index contributed by atoms with van der Waals surface area (Å²) in [7, 11) is 0. The van der Waals surface area contributed by atoms with E-state index in [1.807, 2.05) is 0 Å². The molecule has 0 aliphatic carbocycles. The van der Waals surface area contributed by atoms with Gasteiger partial charge < -0.3 is 4.74 Å². The highest BCUT2D eigenvalue weighted by molar-refractivity contribution is 5.65. The minimum atomic E-state index is -0.209. The third-order valence-corrected chi connectivity index (χ3v) is 3.99. The summed E-state index contributed by atoms with van der Waals surface area (Å²) >= 11 is 0. The molecule has 0 amide bonds. The number of hydrogen-bond donors (Lipinski definition) is 0. The van der Waals surface area contributed by atoms with Crippen LogP contribution in [-0.4, -0.2) is 12.6 Å². The van der Waals surface area contributed by atoms with Crippen LogP contribution in [0.5, 0.6) is 0 Å². The second-order valence-corrected chi connectivity index (χ2v) is 7.07.